The fourth-order valence-corrected chi connectivity index (χ4v) is 3.22. The molecule has 0 N–H and O–H groups in total. The quantitative estimate of drug-likeness (QED) is 0.442. The third-order valence-corrected chi connectivity index (χ3v) is 5.17. The summed E-state index contributed by atoms with van der Waals surface area (Å²) in [4.78, 5) is 16.7. The standard InChI is InChI=1S/C20H19NO3S/c1-14(2)20(3,18-21-16-11-7-8-12-17(16)24-18)13-25-19(22)23-15-9-5-4-6-10-15/h4-12H,1,13H2,2-3H3. The van der Waals surface area contributed by atoms with Gasteiger partial charge in [-0.15, -0.1) is 0 Å². The van der Waals surface area contributed by atoms with Crippen molar-refractivity contribution in [2.45, 2.75) is 19.3 Å². The lowest BCUT2D eigenvalue weighted by Crippen LogP contribution is -2.27. The van der Waals surface area contributed by atoms with Crippen LogP contribution in [0.5, 0.6) is 5.75 Å². The van der Waals surface area contributed by atoms with E-state index in [1.54, 1.807) is 12.1 Å². The van der Waals surface area contributed by atoms with E-state index in [1.165, 1.54) is 0 Å². The number of benzene rings is 2. The van der Waals surface area contributed by atoms with Crippen molar-refractivity contribution in [2.24, 2.45) is 0 Å². The minimum absolute atomic E-state index is 0.366. The molecule has 3 rings (SSSR count). The summed E-state index contributed by atoms with van der Waals surface area (Å²) < 4.78 is 11.2. The monoisotopic (exact) mass is 353 g/mol. The highest BCUT2D eigenvalue weighted by molar-refractivity contribution is 8.13. The molecule has 2 aromatic carbocycles. The number of rotatable bonds is 5. The van der Waals surface area contributed by atoms with E-state index in [0.717, 1.165) is 28.4 Å². The van der Waals surface area contributed by atoms with Crippen LogP contribution in [-0.2, 0) is 5.41 Å². The van der Waals surface area contributed by atoms with E-state index in [1.807, 2.05) is 56.3 Å². The van der Waals surface area contributed by atoms with Crippen LogP contribution >= 0.6 is 11.8 Å². The van der Waals surface area contributed by atoms with Gasteiger partial charge in [0.05, 0.1) is 5.41 Å². The van der Waals surface area contributed by atoms with E-state index >= 15 is 0 Å². The maximum Gasteiger partial charge on any atom is 0.372 e. The van der Waals surface area contributed by atoms with Gasteiger partial charge in [-0.05, 0) is 49.9 Å². The van der Waals surface area contributed by atoms with Gasteiger partial charge in [0.15, 0.2) is 5.58 Å². The molecule has 1 atom stereocenters. The molecule has 0 saturated carbocycles. The molecule has 0 fully saturated rings. The zero-order valence-electron chi connectivity index (χ0n) is 14.2. The summed E-state index contributed by atoms with van der Waals surface area (Å²) in [7, 11) is 0. The molecular weight excluding hydrogens is 334 g/mol. The van der Waals surface area contributed by atoms with E-state index in [9.17, 15) is 4.79 Å². The summed E-state index contributed by atoms with van der Waals surface area (Å²) in [5, 5.41) is -0.366. The van der Waals surface area contributed by atoms with Crippen molar-refractivity contribution in [3.05, 3.63) is 72.6 Å². The number of hydrogen-bond acceptors (Lipinski definition) is 5. The number of hydrogen-bond donors (Lipinski definition) is 0. The first-order valence-corrected chi connectivity index (χ1v) is 8.89. The van der Waals surface area contributed by atoms with Crippen LogP contribution in [-0.4, -0.2) is 16.0 Å². The van der Waals surface area contributed by atoms with Gasteiger partial charge in [-0.2, -0.15) is 0 Å². The minimum atomic E-state index is -0.570. The Morgan fingerprint density at radius 2 is 1.88 bits per heavy atom. The smallest absolute Gasteiger partial charge is 0.372 e. The predicted octanol–water partition coefficient (Wildman–Crippen LogP) is 5.59. The molecule has 1 unspecified atom stereocenters. The molecule has 25 heavy (non-hydrogen) atoms. The highest BCUT2D eigenvalue weighted by Crippen LogP contribution is 2.36. The Labute approximate surface area is 150 Å². The van der Waals surface area contributed by atoms with E-state index in [4.69, 9.17) is 9.15 Å². The topological polar surface area (TPSA) is 52.3 Å². The molecule has 128 valence electrons. The molecule has 1 heterocycles. The second-order valence-electron chi connectivity index (χ2n) is 6.05. The van der Waals surface area contributed by atoms with E-state index in [0.29, 0.717) is 17.4 Å². The molecule has 5 heteroatoms. The molecule has 0 spiro atoms. The largest absolute Gasteiger partial charge is 0.440 e. The van der Waals surface area contributed by atoms with Gasteiger partial charge in [-0.25, -0.2) is 9.78 Å². The molecule has 1 aromatic heterocycles. The molecule has 0 amide bonds. The summed E-state index contributed by atoms with van der Waals surface area (Å²) >= 11 is 1.09. The second kappa shape index (κ2) is 7.15. The Morgan fingerprint density at radius 3 is 2.56 bits per heavy atom. The van der Waals surface area contributed by atoms with Gasteiger partial charge in [0, 0.05) is 5.75 Å². The SMILES string of the molecule is C=C(C)C(C)(CSC(=O)Oc1ccccc1)c1nc2ccccc2o1. The first-order valence-electron chi connectivity index (χ1n) is 7.91. The van der Waals surface area contributed by atoms with E-state index in [-0.39, 0.29) is 5.30 Å². The van der Waals surface area contributed by atoms with Crippen molar-refractivity contribution >= 4 is 28.2 Å². The van der Waals surface area contributed by atoms with Crippen molar-refractivity contribution in [3.63, 3.8) is 0 Å². The zero-order valence-corrected chi connectivity index (χ0v) is 15.0. The van der Waals surface area contributed by atoms with Gasteiger partial charge < -0.3 is 9.15 Å². The third-order valence-electron chi connectivity index (χ3n) is 4.13. The van der Waals surface area contributed by atoms with Crippen molar-refractivity contribution in [2.75, 3.05) is 5.75 Å². The Balaban J connectivity index is 1.76. The van der Waals surface area contributed by atoms with Gasteiger partial charge in [0.25, 0.3) is 0 Å². The minimum Gasteiger partial charge on any atom is -0.440 e. The molecule has 0 aliphatic carbocycles. The van der Waals surface area contributed by atoms with Crippen LogP contribution in [0.2, 0.25) is 0 Å². The average molecular weight is 353 g/mol. The number of carbonyl (C=O) groups is 1. The summed E-state index contributed by atoms with van der Waals surface area (Å²) in [6.45, 7) is 7.96. The van der Waals surface area contributed by atoms with Crippen molar-refractivity contribution in [1.29, 1.82) is 0 Å². The highest BCUT2D eigenvalue weighted by atomic mass is 32.2. The molecule has 0 aliphatic rings. The average Bonchev–Trinajstić information content (AvgIpc) is 3.05. The summed E-state index contributed by atoms with van der Waals surface area (Å²) in [5.41, 5.74) is 1.82. The number of thioether (sulfide) groups is 1. The maximum atomic E-state index is 12.1. The number of carbonyl (C=O) groups excluding carboxylic acids is 1. The molecule has 3 aromatic rings. The maximum absolute atomic E-state index is 12.1. The molecule has 0 bridgehead atoms. The lowest BCUT2D eigenvalue weighted by molar-refractivity contribution is 0.227. The fraction of sp³-hybridized carbons (Fsp3) is 0.200. The predicted molar refractivity (Wildman–Crippen MR) is 101 cm³/mol. The second-order valence-corrected chi connectivity index (χ2v) is 6.96. The van der Waals surface area contributed by atoms with Gasteiger partial charge in [0.2, 0.25) is 5.89 Å². The number of oxazole rings is 1. The van der Waals surface area contributed by atoms with Crippen LogP contribution in [0.4, 0.5) is 4.79 Å². The zero-order chi connectivity index (χ0) is 17.9. The van der Waals surface area contributed by atoms with Crippen LogP contribution in [0.25, 0.3) is 11.1 Å². The van der Waals surface area contributed by atoms with Gasteiger partial charge in [-0.1, -0.05) is 42.5 Å². The number of aromatic nitrogens is 1. The van der Waals surface area contributed by atoms with Crippen LogP contribution in [0.3, 0.4) is 0 Å². The van der Waals surface area contributed by atoms with Crippen molar-refractivity contribution in [1.82, 2.24) is 4.98 Å². The Bertz CT molecular complexity index is 870. The molecule has 0 radical (unpaired) electrons. The first kappa shape index (κ1) is 17.3. The van der Waals surface area contributed by atoms with Crippen LogP contribution < -0.4 is 4.74 Å². The highest BCUT2D eigenvalue weighted by Gasteiger charge is 2.34. The number of ether oxygens (including phenoxy) is 1. The van der Waals surface area contributed by atoms with Crippen molar-refractivity contribution in [3.8, 4) is 5.75 Å². The van der Waals surface area contributed by atoms with Gasteiger partial charge >= 0.3 is 5.30 Å². The van der Waals surface area contributed by atoms with E-state index < -0.39 is 5.41 Å². The van der Waals surface area contributed by atoms with E-state index in [2.05, 4.69) is 11.6 Å². The number of para-hydroxylation sites is 3. The van der Waals surface area contributed by atoms with Gasteiger partial charge in [0.1, 0.15) is 11.3 Å². The summed E-state index contributed by atoms with van der Waals surface area (Å²) in [6.07, 6.45) is 0. The van der Waals surface area contributed by atoms with Crippen molar-refractivity contribution < 1.29 is 13.9 Å². The first-order chi connectivity index (χ1) is 12.0. The number of fused-ring (bicyclic) bond motifs is 1. The van der Waals surface area contributed by atoms with Crippen LogP contribution in [0.15, 0.2) is 71.2 Å². The third kappa shape index (κ3) is 3.77. The van der Waals surface area contributed by atoms with Crippen LogP contribution in [0, 0.1) is 0 Å². The fourth-order valence-electron chi connectivity index (χ4n) is 2.29. The number of nitrogens with zero attached hydrogens (tertiary/aromatic N) is 1. The Morgan fingerprint density at radius 1 is 1.20 bits per heavy atom. The molecule has 0 aliphatic heterocycles. The van der Waals surface area contributed by atoms with Gasteiger partial charge in [-0.3, -0.25) is 0 Å². The molecule has 0 saturated heterocycles. The van der Waals surface area contributed by atoms with Crippen LogP contribution in [0.1, 0.15) is 19.7 Å². The molecular formula is C20H19NO3S. The lowest BCUT2D eigenvalue weighted by atomic mass is 9.86. The normalized spacial score (nSPS) is 13.4. The summed E-state index contributed by atoms with van der Waals surface area (Å²) in [5.74, 6) is 1.51. The number of allylic oxidation sites excluding steroid dienone is 1. The lowest BCUT2D eigenvalue weighted by Gasteiger charge is -2.25. The Hall–Kier alpha value is -2.53. The Kier molecular flexibility index (Phi) is 4.95. The molecule has 4 nitrogen and oxygen atoms in total. The summed E-state index contributed by atoms with van der Waals surface area (Å²) in [6, 6.07) is 16.6.